The average molecular weight is 617 g/mol. The van der Waals surface area contributed by atoms with Gasteiger partial charge < -0.3 is 48.4 Å². The molecule has 0 saturated carbocycles. The van der Waals surface area contributed by atoms with Crippen molar-refractivity contribution in [3.05, 3.63) is 0 Å². The van der Waals surface area contributed by atoms with Crippen LogP contribution in [0, 0.1) is 5.92 Å². The Morgan fingerprint density at radius 2 is 0.884 bits per heavy atom. The molecule has 0 aliphatic carbocycles. The fraction of sp³-hybridized carbons (Fsp3) is 0.741. The molecular weight excluding hydrogens is 564 g/mol. The summed E-state index contributed by atoms with van der Waals surface area (Å²) in [4.78, 5) is 88.2. The van der Waals surface area contributed by atoms with Gasteiger partial charge in [-0.05, 0) is 75.2 Å². The minimum Gasteiger partial charge on any atom is -0.412 e. The zero-order chi connectivity index (χ0) is 33.5. The number of rotatable bonds is 14. The maximum atomic E-state index is 13.3. The molecule has 11 N–H and O–H groups in total. The molecule has 0 rings (SSSR count). The highest BCUT2D eigenvalue weighted by atomic mass is 16.2. The van der Waals surface area contributed by atoms with Crippen molar-refractivity contribution >= 4 is 41.5 Å². The standard InChI is InChI=1S/C27H50N8O7.H2O/c1-13-29-22(42)35-27(12,15(2)3)21(41)34-26(10,11)20(40)33-25(8,9)19(39)32-24(6,7)18(38)31-23(4,5)17(37)30-14-16(28)36;/h15H,13-14H2,1-12H3,(H2,28,36)(H,30,37)(H,31,38)(H,32,39)(H,33,40)(H,34,41)(H2,29,35,42);1H2/t27-;/m0./s1. The molecule has 1 atom stereocenters. The lowest BCUT2D eigenvalue weighted by Crippen LogP contribution is -2.69. The van der Waals surface area contributed by atoms with E-state index in [0.29, 0.717) is 6.54 Å². The Labute approximate surface area is 253 Å². The monoisotopic (exact) mass is 616 g/mol. The van der Waals surface area contributed by atoms with Gasteiger partial charge in [0.1, 0.15) is 27.7 Å². The third-order valence-electron chi connectivity index (χ3n) is 6.73. The minimum atomic E-state index is -1.55. The highest BCUT2D eigenvalue weighted by Gasteiger charge is 2.45. The van der Waals surface area contributed by atoms with Gasteiger partial charge in [0.05, 0.1) is 6.54 Å². The van der Waals surface area contributed by atoms with E-state index in [4.69, 9.17) is 5.73 Å². The third-order valence-corrected chi connectivity index (χ3v) is 6.73. The molecule has 0 bridgehead atoms. The number of hydrogen-bond acceptors (Lipinski definition) is 7. The molecule has 0 aromatic rings. The van der Waals surface area contributed by atoms with Crippen LogP contribution in [0.15, 0.2) is 0 Å². The highest BCUT2D eigenvalue weighted by molar-refractivity contribution is 6.01. The molecule has 0 radical (unpaired) electrons. The molecule has 0 aliphatic heterocycles. The summed E-state index contributed by atoms with van der Waals surface area (Å²) in [5, 5.41) is 17.9. The number of amides is 8. The van der Waals surface area contributed by atoms with Crippen molar-refractivity contribution < 1.29 is 39.0 Å². The smallest absolute Gasteiger partial charge is 0.315 e. The fourth-order valence-electron chi connectivity index (χ4n) is 3.25. The van der Waals surface area contributed by atoms with Crippen molar-refractivity contribution in [2.24, 2.45) is 11.7 Å². The molecule has 16 nitrogen and oxygen atoms in total. The Morgan fingerprint density at radius 1 is 0.558 bits per heavy atom. The molecule has 0 aromatic carbocycles. The Balaban J connectivity index is 0. The summed E-state index contributed by atoms with van der Waals surface area (Å²) in [5.41, 5.74) is -2.36. The van der Waals surface area contributed by atoms with Crippen molar-refractivity contribution in [1.82, 2.24) is 37.2 Å². The molecule has 0 unspecified atom stereocenters. The first kappa shape index (κ1) is 41.2. The Bertz CT molecular complexity index is 1080. The molecule has 8 amide bonds. The van der Waals surface area contributed by atoms with E-state index < -0.39 is 75.7 Å². The molecule has 43 heavy (non-hydrogen) atoms. The van der Waals surface area contributed by atoms with Gasteiger partial charge in [0.2, 0.25) is 35.4 Å². The maximum Gasteiger partial charge on any atom is 0.315 e. The predicted octanol–water partition coefficient (Wildman–Crippen LogP) is -1.92. The van der Waals surface area contributed by atoms with E-state index in [9.17, 15) is 33.6 Å². The first-order valence-corrected chi connectivity index (χ1v) is 13.7. The van der Waals surface area contributed by atoms with Crippen LogP contribution in [0.3, 0.4) is 0 Å². The lowest BCUT2D eigenvalue weighted by molar-refractivity contribution is -0.141. The topological polar surface area (TPSA) is 261 Å². The van der Waals surface area contributed by atoms with Crippen LogP contribution >= 0.6 is 0 Å². The largest absolute Gasteiger partial charge is 0.412 e. The van der Waals surface area contributed by atoms with E-state index in [1.807, 2.05) is 0 Å². The van der Waals surface area contributed by atoms with Crippen LogP contribution in [-0.4, -0.2) is 87.7 Å². The molecular formula is C27H52N8O8. The van der Waals surface area contributed by atoms with E-state index in [1.54, 1.807) is 27.7 Å². The van der Waals surface area contributed by atoms with E-state index in [0.717, 1.165) is 0 Å². The van der Waals surface area contributed by atoms with Gasteiger partial charge in [0, 0.05) is 6.54 Å². The molecule has 0 heterocycles. The summed E-state index contributed by atoms with van der Waals surface area (Å²) in [7, 11) is 0. The molecule has 0 saturated heterocycles. The first-order valence-electron chi connectivity index (χ1n) is 13.7. The predicted molar refractivity (Wildman–Crippen MR) is 160 cm³/mol. The highest BCUT2D eigenvalue weighted by Crippen LogP contribution is 2.19. The lowest BCUT2D eigenvalue weighted by atomic mass is 9.86. The molecule has 0 aromatic heterocycles. The van der Waals surface area contributed by atoms with Crippen LogP contribution in [0.25, 0.3) is 0 Å². The van der Waals surface area contributed by atoms with Crippen LogP contribution in [0.5, 0.6) is 0 Å². The molecule has 0 spiro atoms. The van der Waals surface area contributed by atoms with Crippen molar-refractivity contribution in [3.8, 4) is 0 Å². The molecule has 16 heteroatoms. The van der Waals surface area contributed by atoms with Gasteiger partial charge in [-0.1, -0.05) is 13.8 Å². The summed E-state index contributed by atoms with van der Waals surface area (Å²) >= 11 is 0. The van der Waals surface area contributed by atoms with Crippen LogP contribution in [-0.2, 0) is 28.8 Å². The second kappa shape index (κ2) is 15.0. The number of urea groups is 1. The Kier molecular flexibility index (Phi) is 14.3. The lowest BCUT2D eigenvalue weighted by Gasteiger charge is -2.38. The number of hydrogen-bond donors (Lipinski definition) is 8. The summed E-state index contributed by atoms with van der Waals surface area (Å²) < 4.78 is 0. The van der Waals surface area contributed by atoms with Gasteiger partial charge in [-0.25, -0.2) is 4.79 Å². The Hall–Kier alpha value is -3.95. The average Bonchev–Trinajstić information content (AvgIpc) is 2.80. The first-order chi connectivity index (χ1) is 18.7. The Morgan fingerprint density at radius 3 is 1.19 bits per heavy atom. The van der Waals surface area contributed by atoms with Crippen molar-refractivity contribution in [1.29, 1.82) is 0 Å². The SMILES string of the molecule is CCNC(=O)N[C@](C)(C(=O)NC(C)(C)C(=O)NC(C)(C)C(=O)NC(C)(C)C(=O)NC(C)(C)C(=O)NCC(N)=O)C(C)C.O. The van der Waals surface area contributed by atoms with Gasteiger partial charge in [-0.2, -0.15) is 0 Å². The van der Waals surface area contributed by atoms with E-state index >= 15 is 0 Å². The number of carbonyl (C=O) groups is 7. The van der Waals surface area contributed by atoms with Crippen LogP contribution in [0.2, 0.25) is 0 Å². The van der Waals surface area contributed by atoms with Crippen molar-refractivity contribution in [2.45, 2.75) is 111 Å². The second-order valence-electron chi connectivity index (χ2n) is 12.8. The fourth-order valence-corrected chi connectivity index (χ4v) is 3.25. The number of carbonyl (C=O) groups excluding carboxylic acids is 7. The van der Waals surface area contributed by atoms with Crippen LogP contribution in [0.4, 0.5) is 4.79 Å². The van der Waals surface area contributed by atoms with Crippen LogP contribution < -0.4 is 43.0 Å². The normalized spacial score (nSPS) is 13.3. The van der Waals surface area contributed by atoms with E-state index in [-0.39, 0.29) is 11.4 Å². The molecule has 248 valence electrons. The van der Waals surface area contributed by atoms with Gasteiger partial charge in [-0.3, -0.25) is 28.8 Å². The maximum absolute atomic E-state index is 13.3. The zero-order valence-electron chi connectivity index (χ0n) is 27.4. The quantitative estimate of drug-likeness (QED) is 0.109. The number of primary amides is 1. The summed E-state index contributed by atoms with van der Waals surface area (Å²) in [5.74, 6) is -4.50. The van der Waals surface area contributed by atoms with Crippen LogP contribution in [0.1, 0.15) is 83.1 Å². The van der Waals surface area contributed by atoms with Gasteiger partial charge in [-0.15, -0.1) is 0 Å². The molecule has 0 aliphatic rings. The summed E-state index contributed by atoms with van der Waals surface area (Å²) in [6.45, 7) is 18.1. The van der Waals surface area contributed by atoms with Gasteiger partial charge >= 0.3 is 6.03 Å². The van der Waals surface area contributed by atoms with E-state index in [1.165, 1.54) is 55.4 Å². The summed E-state index contributed by atoms with van der Waals surface area (Å²) in [6.07, 6.45) is 0. The van der Waals surface area contributed by atoms with Crippen molar-refractivity contribution in [2.75, 3.05) is 13.1 Å². The summed E-state index contributed by atoms with van der Waals surface area (Å²) in [6, 6.07) is -0.537. The van der Waals surface area contributed by atoms with Gasteiger partial charge in [0.15, 0.2) is 0 Å². The van der Waals surface area contributed by atoms with Crippen molar-refractivity contribution in [3.63, 3.8) is 0 Å². The minimum absolute atomic E-state index is 0. The zero-order valence-corrected chi connectivity index (χ0v) is 27.4. The third kappa shape index (κ3) is 11.7. The van der Waals surface area contributed by atoms with Gasteiger partial charge in [0.25, 0.3) is 0 Å². The second-order valence-corrected chi connectivity index (χ2v) is 12.8. The number of nitrogens with two attached hydrogens (primary N) is 1. The number of nitrogens with one attached hydrogen (secondary N) is 7. The molecule has 0 fully saturated rings. The van der Waals surface area contributed by atoms with E-state index in [2.05, 4.69) is 37.2 Å².